The molecule has 0 saturated carbocycles. The fourth-order valence-electron chi connectivity index (χ4n) is 1.36. The van der Waals surface area contributed by atoms with E-state index in [1.807, 2.05) is 18.2 Å². The van der Waals surface area contributed by atoms with Crippen molar-refractivity contribution in [2.24, 2.45) is 5.73 Å². The van der Waals surface area contributed by atoms with Crippen LogP contribution in [0, 0.1) is 0 Å². The normalized spacial score (nSPS) is 10.8. The Morgan fingerprint density at radius 3 is 3.00 bits per heavy atom. The smallest absolute Gasteiger partial charge is 0.183 e. The van der Waals surface area contributed by atoms with Gasteiger partial charge in [-0.2, -0.15) is 0 Å². The van der Waals surface area contributed by atoms with E-state index in [0.29, 0.717) is 19.8 Å². The molecule has 0 fully saturated rings. The number of benzene rings is 1. The summed E-state index contributed by atoms with van der Waals surface area (Å²) in [5, 5.41) is 4.18. The van der Waals surface area contributed by atoms with Crippen molar-refractivity contribution in [1.29, 1.82) is 0 Å². The van der Waals surface area contributed by atoms with E-state index in [4.69, 9.17) is 10.5 Å². The van der Waals surface area contributed by atoms with Gasteiger partial charge in [0.2, 0.25) is 0 Å². The Balaban J connectivity index is 1.85. The molecule has 3 N–H and O–H groups in total. The predicted octanol–water partition coefficient (Wildman–Crippen LogP) is 1.68. The lowest BCUT2D eigenvalue weighted by molar-refractivity contribution is 0.151. The van der Waals surface area contributed by atoms with E-state index in [-0.39, 0.29) is 0 Å². The molecule has 5 heteroatoms. The molecular formula is C11H15N3OS. The van der Waals surface area contributed by atoms with Crippen LogP contribution in [0.15, 0.2) is 24.3 Å². The number of hydrogen-bond acceptors (Lipinski definition) is 5. The van der Waals surface area contributed by atoms with Gasteiger partial charge < -0.3 is 15.8 Å². The van der Waals surface area contributed by atoms with E-state index < -0.39 is 0 Å². The largest absolute Gasteiger partial charge is 0.378 e. The zero-order chi connectivity index (χ0) is 11.2. The standard InChI is InChI=1S/C11H15N3OS/c12-5-7-15-8-6-13-11-14-9-3-1-2-4-10(9)16-11/h1-4H,5-8,12H2,(H,13,14). The highest BCUT2D eigenvalue weighted by Gasteiger charge is 2.01. The molecule has 1 aromatic carbocycles. The third-order valence-corrected chi connectivity index (χ3v) is 3.07. The van der Waals surface area contributed by atoms with Crippen LogP contribution in [0.3, 0.4) is 0 Å². The Morgan fingerprint density at radius 2 is 2.19 bits per heavy atom. The zero-order valence-electron chi connectivity index (χ0n) is 8.98. The van der Waals surface area contributed by atoms with Gasteiger partial charge in [0.15, 0.2) is 5.13 Å². The summed E-state index contributed by atoms with van der Waals surface area (Å²) < 4.78 is 6.47. The number of thiazole rings is 1. The van der Waals surface area contributed by atoms with Gasteiger partial charge >= 0.3 is 0 Å². The summed E-state index contributed by atoms with van der Waals surface area (Å²) >= 11 is 1.66. The summed E-state index contributed by atoms with van der Waals surface area (Å²) in [6.07, 6.45) is 0. The summed E-state index contributed by atoms with van der Waals surface area (Å²) in [4.78, 5) is 4.46. The number of ether oxygens (including phenoxy) is 1. The second-order valence-corrected chi connectivity index (χ2v) is 4.35. The van der Waals surface area contributed by atoms with Crippen LogP contribution in [0.2, 0.25) is 0 Å². The highest BCUT2D eigenvalue weighted by Crippen LogP contribution is 2.24. The lowest BCUT2D eigenvalue weighted by atomic mass is 10.3. The molecule has 0 unspecified atom stereocenters. The number of hydrogen-bond donors (Lipinski definition) is 2. The second kappa shape index (κ2) is 5.79. The van der Waals surface area contributed by atoms with E-state index in [9.17, 15) is 0 Å². The van der Waals surface area contributed by atoms with Gasteiger partial charge in [-0.15, -0.1) is 0 Å². The van der Waals surface area contributed by atoms with Gasteiger partial charge in [0, 0.05) is 13.1 Å². The minimum absolute atomic E-state index is 0.571. The molecule has 0 atom stereocenters. The first-order chi connectivity index (χ1) is 7.90. The van der Waals surface area contributed by atoms with Gasteiger partial charge in [-0.25, -0.2) is 4.98 Å². The van der Waals surface area contributed by atoms with Crippen molar-refractivity contribution in [2.75, 3.05) is 31.6 Å². The molecule has 0 saturated heterocycles. The average Bonchev–Trinajstić information content (AvgIpc) is 2.71. The third-order valence-electron chi connectivity index (χ3n) is 2.08. The first-order valence-electron chi connectivity index (χ1n) is 5.27. The molecule has 1 heterocycles. The minimum Gasteiger partial charge on any atom is -0.378 e. The second-order valence-electron chi connectivity index (χ2n) is 3.31. The third kappa shape index (κ3) is 2.91. The first kappa shape index (κ1) is 11.3. The number of nitrogens with two attached hydrogens (primary N) is 1. The number of fused-ring (bicyclic) bond motifs is 1. The molecule has 16 heavy (non-hydrogen) atoms. The van der Waals surface area contributed by atoms with Crippen LogP contribution in [0.1, 0.15) is 0 Å². The van der Waals surface area contributed by atoms with Gasteiger partial charge in [-0.05, 0) is 12.1 Å². The summed E-state index contributed by atoms with van der Waals surface area (Å²) in [7, 11) is 0. The molecule has 4 nitrogen and oxygen atoms in total. The number of nitrogens with zero attached hydrogens (tertiary/aromatic N) is 1. The molecule has 2 rings (SSSR count). The summed E-state index contributed by atoms with van der Waals surface area (Å²) in [5.74, 6) is 0. The Morgan fingerprint density at radius 1 is 1.31 bits per heavy atom. The van der Waals surface area contributed by atoms with E-state index in [0.717, 1.165) is 17.2 Å². The molecule has 0 spiro atoms. The summed E-state index contributed by atoms with van der Waals surface area (Å²) in [6, 6.07) is 8.11. The lowest BCUT2D eigenvalue weighted by Gasteiger charge is -2.02. The topological polar surface area (TPSA) is 60.2 Å². The van der Waals surface area contributed by atoms with Crippen molar-refractivity contribution < 1.29 is 4.74 Å². The van der Waals surface area contributed by atoms with Crippen LogP contribution in [0.5, 0.6) is 0 Å². The van der Waals surface area contributed by atoms with Crippen molar-refractivity contribution in [3.05, 3.63) is 24.3 Å². The van der Waals surface area contributed by atoms with Gasteiger partial charge in [0.25, 0.3) is 0 Å². The highest BCUT2D eigenvalue weighted by molar-refractivity contribution is 7.22. The summed E-state index contributed by atoms with van der Waals surface area (Å²) in [5.41, 5.74) is 6.36. The first-order valence-corrected chi connectivity index (χ1v) is 6.09. The molecule has 1 aromatic heterocycles. The van der Waals surface area contributed by atoms with E-state index in [1.54, 1.807) is 11.3 Å². The molecular weight excluding hydrogens is 222 g/mol. The SMILES string of the molecule is NCCOCCNc1nc2ccccc2s1. The fourth-order valence-corrected chi connectivity index (χ4v) is 2.25. The Hall–Kier alpha value is -1.17. The minimum atomic E-state index is 0.571. The van der Waals surface area contributed by atoms with Crippen LogP contribution < -0.4 is 11.1 Å². The van der Waals surface area contributed by atoms with Gasteiger partial charge in [0.1, 0.15) is 0 Å². The van der Waals surface area contributed by atoms with Gasteiger partial charge in [-0.1, -0.05) is 23.5 Å². The Labute approximate surface area is 98.4 Å². The average molecular weight is 237 g/mol. The van der Waals surface area contributed by atoms with Crippen molar-refractivity contribution >= 4 is 26.7 Å². The van der Waals surface area contributed by atoms with Crippen LogP contribution >= 0.6 is 11.3 Å². The maximum Gasteiger partial charge on any atom is 0.183 e. The number of aromatic nitrogens is 1. The van der Waals surface area contributed by atoms with Crippen molar-refractivity contribution in [1.82, 2.24) is 4.98 Å². The van der Waals surface area contributed by atoms with E-state index in [1.165, 1.54) is 4.70 Å². The molecule has 0 radical (unpaired) electrons. The Bertz CT molecular complexity index is 410. The van der Waals surface area contributed by atoms with Crippen molar-refractivity contribution in [3.63, 3.8) is 0 Å². The van der Waals surface area contributed by atoms with Crippen molar-refractivity contribution in [3.8, 4) is 0 Å². The molecule has 0 aliphatic heterocycles. The molecule has 0 aliphatic carbocycles. The number of rotatable bonds is 6. The van der Waals surface area contributed by atoms with Crippen LogP contribution in [-0.4, -0.2) is 31.3 Å². The molecule has 2 aromatic rings. The molecule has 0 bridgehead atoms. The lowest BCUT2D eigenvalue weighted by Crippen LogP contribution is -2.14. The number of nitrogens with one attached hydrogen (secondary N) is 1. The molecule has 86 valence electrons. The van der Waals surface area contributed by atoms with Crippen LogP contribution in [0.4, 0.5) is 5.13 Å². The maximum absolute atomic E-state index is 5.32. The van der Waals surface area contributed by atoms with E-state index >= 15 is 0 Å². The fraction of sp³-hybridized carbons (Fsp3) is 0.364. The zero-order valence-corrected chi connectivity index (χ0v) is 9.80. The molecule has 0 amide bonds. The van der Waals surface area contributed by atoms with Gasteiger partial charge in [-0.3, -0.25) is 0 Å². The Kier molecular flexibility index (Phi) is 4.10. The quantitative estimate of drug-likeness (QED) is 0.750. The van der Waals surface area contributed by atoms with Gasteiger partial charge in [0.05, 0.1) is 23.4 Å². The monoisotopic (exact) mass is 237 g/mol. The van der Waals surface area contributed by atoms with Crippen LogP contribution in [0.25, 0.3) is 10.2 Å². The highest BCUT2D eigenvalue weighted by atomic mass is 32.1. The van der Waals surface area contributed by atoms with Crippen molar-refractivity contribution in [2.45, 2.75) is 0 Å². The maximum atomic E-state index is 5.32. The number of para-hydroxylation sites is 1. The summed E-state index contributed by atoms with van der Waals surface area (Å²) in [6.45, 7) is 2.61. The predicted molar refractivity (Wildman–Crippen MR) is 68.0 cm³/mol. The number of anilines is 1. The van der Waals surface area contributed by atoms with Crippen LogP contribution in [-0.2, 0) is 4.74 Å². The van der Waals surface area contributed by atoms with E-state index in [2.05, 4.69) is 16.4 Å². The molecule has 0 aliphatic rings.